The molecule has 0 atom stereocenters. The number of benzene rings is 2. The molecule has 0 N–H and O–H groups in total. The van der Waals surface area contributed by atoms with E-state index in [0.29, 0.717) is 11.1 Å². The fourth-order valence-corrected chi connectivity index (χ4v) is 2.54. The Balaban J connectivity index is 1.97. The van der Waals surface area contributed by atoms with Crippen molar-refractivity contribution in [3.05, 3.63) is 60.9 Å². The summed E-state index contributed by atoms with van der Waals surface area (Å²) < 4.78 is 5.70. The maximum absolute atomic E-state index is 5.70. The highest BCUT2D eigenvalue weighted by Gasteiger charge is 2.11. The molecule has 98 valence electrons. The SMILES string of the molecule is C=C=CCSc1nnc(-c2cccc3ccccc23)o1. The molecule has 3 nitrogen and oxygen atoms in total. The second-order valence-corrected chi connectivity index (χ2v) is 5.09. The van der Waals surface area contributed by atoms with Crippen molar-refractivity contribution in [1.82, 2.24) is 10.2 Å². The van der Waals surface area contributed by atoms with E-state index in [-0.39, 0.29) is 0 Å². The normalized spacial score (nSPS) is 10.4. The largest absolute Gasteiger partial charge is 0.411 e. The molecule has 0 unspecified atom stereocenters. The molecule has 0 aliphatic heterocycles. The predicted octanol–water partition coefficient (Wildman–Crippen LogP) is 4.32. The maximum Gasteiger partial charge on any atom is 0.277 e. The first-order valence-corrected chi connectivity index (χ1v) is 7.16. The Bertz CT molecular complexity index is 783. The van der Waals surface area contributed by atoms with Crippen LogP contribution in [-0.2, 0) is 0 Å². The molecular weight excluding hydrogens is 268 g/mol. The van der Waals surface area contributed by atoms with Crippen LogP contribution < -0.4 is 0 Å². The van der Waals surface area contributed by atoms with Crippen molar-refractivity contribution in [1.29, 1.82) is 0 Å². The third kappa shape index (κ3) is 2.52. The molecule has 3 rings (SSSR count). The molecule has 0 spiro atoms. The van der Waals surface area contributed by atoms with Crippen LogP contribution in [0.15, 0.2) is 70.5 Å². The van der Waals surface area contributed by atoms with E-state index in [0.717, 1.165) is 22.1 Å². The zero-order valence-electron chi connectivity index (χ0n) is 10.7. The van der Waals surface area contributed by atoms with Gasteiger partial charge in [-0.15, -0.1) is 15.9 Å². The molecule has 0 fully saturated rings. The molecule has 2 aromatic carbocycles. The van der Waals surface area contributed by atoms with E-state index in [1.807, 2.05) is 30.3 Å². The molecule has 1 heterocycles. The van der Waals surface area contributed by atoms with Gasteiger partial charge in [0.05, 0.1) is 0 Å². The van der Waals surface area contributed by atoms with Gasteiger partial charge in [-0.3, -0.25) is 0 Å². The molecular formula is C16H12N2OS. The van der Waals surface area contributed by atoms with Crippen LogP contribution in [0.25, 0.3) is 22.2 Å². The van der Waals surface area contributed by atoms with Gasteiger partial charge in [-0.1, -0.05) is 54.7 Å². The minimum Gasteiger partial charge on any atom is -0.411 e. The van der Waals surface area contributed by atoms with Gasteiger partial charge in [0.25, 0.3) is 5.22 Å². The van der Waals surface area contributed by atoms with Gasteiger partial charge in [0, 0.05) is 11.3 Å². The van der Waals surface area contributed by atoms with E-state index in [4.69, 9.17) is 4.42 Å². The Morgan fingerprint density at radius 3 is 2.90 bits per heavy atom. The lowest BCUT2D eigenvalue weighted by atomic mass is 10.0. The number of hydrogen-bond acceptors (Lipinski definition) is 4. The van der Waals surface area contributed by atoms with E-state index >= 15 is 0 Å². The smallest absolute Gasteiger partial charge is 0.277 e. The monoisotopic (exact) mass is 280 g/mol. The van der Waals surface area contributed by atoms with E-state index in [9.17, 15) is 0 Å². The van der Waals surface area contributed by atoms with Crippen LogP contribution in [0.1, 0.15) is 0 Å². The number of rotatable bonds is 4. The second-order valence-electron chi connectivity index (χ2n) is 4.12. The average molecular weight is 280 g/mol. The Morgan fingerprint density at radius 1 is 1.15 bits per heavy atom. The molecule has 20 heavy (non-hydrogen) atoms. The summed E-state index contributed by atoms with van der Waals surface area (Å²) in [4.78, 5) is 0. The summed E-state index contributed by atoms with van der Waals surface area (Å²) in [6, 6.07) is 14.2. The number of hydrogen-bond donors (Lipinski definition) is 0. The van der Waals surface area contributed by atoms with Crippen LogP contribution in [-0.4, -0.2) is 16.0 Å². The fraction of sp³-hybridized carbons (Fsp3) is 0.0625. The van der Waals surface area contributed by atoms with E-state index in [1.165, 1.54) is 11.8 Å². The molecule has 0 amide bonds. The van der Waals surface area contributed by atoms with Crippen LogP contribution >= 0.6 is 11.8 Å². The highest BCUT2D eigenvalue weighted by molar-refractivity contribution is 7.99. The molecule has 4 heteroatoms. The third-order valence-electron chi connectivity index (χ3n) is 2.86. The predicted molar refractivity (Wildman–Crippen MR) is 81.7 cm³/mol. The number of thioether (sulfide) groups is 1. The van der Waals surface area contributed by atoms with Gasteiger partial charge in [0.2, 0.25) is 5.89 Å². The first kappa shape index (κ1) is 12.7. The first-order chi connectivity index (χ1) is 9.88. The van der Waals surface area contributed by atoms with Crippen molar-refractivity contribution in [2.45, 2.75) is 5.22 Å². The van der Waals surface area contributed by atoms with Gasteiger partial charge in [0.1, 0.15) is 0 Å². The minimum atomic E-state index is 0.548. The van der Waals surface area contributed by atoms with Crippen LogP contribution in [0.4, 0.5) is 0 Å². The fourth-order valence-electron chi connectivity index (χ4n) is 1.96. The van der Waals surface area contributed by atoms with Crippen LogP contribution in [0.3, 0.4) is 0 Å². The summed E-state index contributed by atoms with van der Waals surface area (Å²) in [5.41, 5.74) is 3.67. The Labute approximate surface area is 121 Å². The molecule has 0 aliphatic rings. The quantitative estimate of drug-likeness (QED) is 0.527. The molecule has 0 saturated heterocycles. The van der Waals surface area contributed by atoms with E-state index in [1.54, 1.807) is 0 Å². The summed E-state index contributed by atoms with van der Waals surface area (Å²) in [6.07, 6.45) is 1.83. The zero-order chi connectivity index (χ0) is 13.8. The van der Waals surface area contributed by atoms with Gasteiger partial charge in [-0.2, -0.15) is 0 Å². The second kappa shape index (κ2) is 5.78. The van der Waals surface area contributed by atoms with Gasteiger partial charge >= 0.3 is 0 Å². The van der Waals surface area contributed by atoms with Gasteiger partial charge in [-0.05, 0) is 22.9 Å². The van der Waals surface area contributed by atoms with E-state index < -0.39 is 0 Å². The Kier molecular flexibility index (Phi) is 3.68. The Morgan fingerprint density at radius 2 is 2.00 bits per heavy atom. The number of fused-ring (bicyclic) bond motifs is 1. The topological polar surface area (TPSA) is 38.9 Å². The summed E-state index contributed by atoms with van der Waals surface area (Å²) in [5.74, 6) is 1.27. The molecule has 0 saturated carbocycles. The molecule has 3 aromatic rings. The molecule has 0 aliphatic carbocycles. The standard InChI is InChI=1S/C16H12N2OS/c1-2-3-11-20-16-18-17-15(19-16)14-10-6-8-12-7-4-5-9-13(12)14/h3-10H,1,11H2. The van der Waals surface area contributed by atoms with Crippen molar-refractivity contribution in [3.63, 3.8) is 0 Å². The van der Waals surface area contributed by atoms with Gasteiger partial charge in [0.15, 0.2) is 0 Å². The van der Waals surface area contributed by atoms with Crippen molar-refractivity contribution in [3.8, 4) is 11.5 Å². The average Bonchev–Trinajstić information content (AvgIpc) is 2.96. The first-order valence-electron chi connectivity index (χ1n) is 6.17. The summed E-state index contributed by atoms with van der Waals surface area (Å²) in [5, 5.41) is 11.0. The maximum atomic E-state index is 5.70. The van der Waals surface area contributed by atoms with Gasteiger partial charge in [-0.25, -0.2) is 0 Å². The molecule has 0 bridgehead atoms. The number of nitrogens with zero attached hydrogens (tertiary/aromatic N) is 2. The third-order valence-corrected chi connectivity index (χ3v) is 3.61. The van der Waals surface area contributed by atoms with Crippen molar-refractivity contribution < 1.29 is 4.42 Å². The number of aromatic nitrogens is 2. The van der Waals surface area contributed by atoms with Gasteiger partial charge < -0.3 is 4.42 Å². The van der Waals surface area contributed by atoms with Crippen LogP contribution in [0.2, 0.25) is 0 Å². The summed E-state index contributed by atoms with van der Waals surface area (Å²) >= 11 is 1.47. The lowest BCUT2D eigenvalue weighted by molar-refractivity contribution is 0.466. The highest BCUT2D eigenvalue weighted by Crippen LogP contribution is 2.29. The zero-order valence-corrected chi connectivity index (χ0v) is 11.6. The summed E-state index contributed by atoms with van der Waals surface area (Å²) in [7, 11) is 0. The van der Waals surface area contributed by atoms with Crippen molar-refractivity contribution in [2.24, 2.45) is 0 Å². The van der Waals surface area contributed by atoms with E-state index in [2.05, 4.69) is 40.7 Å². The lowest BCUT2D eigenvalue weighted by Crippen LogP contribution is -1.80. The molecule has 1 aromatic heterocycles. The minimum absolute atomic E-state index is 0.548. The molecule has 0 radical (unpaired) electrons. The van der Waals surface area contributed by atoms with Crippen molar-refractivity contribution >= 4 is 22.5 Å². The summed E-state index contributed by atoms with van der Waals surface area (Å²) in [6.45, 7) is 3.52. The Hall–Kier alpha value is -2.29. The lowest BCUT2D eigenvalue weighted by Gasteiger charge is -2.01. The van der Waals surface area contributed by atoms with Crippen molar-refractivity contribution in [2.75, 3.05) is 5.75 Å². The van der Waals surface area contributed by atoms with Crippen LogP contribution in [0, 0.1) is 0 Å². The van der Waals surface area contributed by atoms with Crippen LogP contribution in [0.5, 0.6) is 0 Å². The highest BCUT2D eigenvalue weighted by atomic mass is 32.2.